The van der Waals surface area contributed by atoms with Crippen LogP contribution in [0, 0.1) is 30.2 Å². The van der Waals surface area contributed by atoms with E-state index in [-0.39, 0.29) is 11.2 Å². The molecule has 2 N–H and O–H groups in total. The van der Waals surface area contributed by atoms with Gasteiger partial charge in [-0.15, -0.1) is 0 Å². The predicted octanol–water partition coefficient (Wildman–Crippen LogP) is 4.04. The quantitative estimate of drug-likeness (QED) is 0.505. The second-order valence-electron chi connectivity index (χ2n) is 4.64. The molecule has 0 aromatic heterocycles. The molecule has 0 amide bonds. The number of aryl methyl sites for hydroxylation is 1. The molecular formula is C15H12F4N2S. The Bertz CT molecular complexity index is 675. The number of halogens is 4. The number of benzene rings is 2. The van der Waals surface area contributed by atoms with Crippen LogP contribution in [0.2, 0.25) is 0 Å². The van der Waals surface area contributed by atoms with Gasteiger partial charge in [0.2, 0.25) is 0 Å². The molecule has 0 bridgehead atoms. The van der Waals surface area contributed by atoms with E-state index in [4.69, 9.17) is 12.2 Å². The molecule has 0 heterocycles. The van der Waals surface area contributed by atoms with Gasteiger partial charge in [0, 0.05) is 12.6 Å². The molecule has 0 radical (unpaired) electrons. The minimum Gasteiger partial charge on any atom is -0.358 e. The van der Waals surface area contributed by atoms with Gasteiger partial charge in [-0.25, -0.2) is 17.6 Å². The highest BCUT2D eigenvalue weighted by atomic mass is 32.1. The predicted molar refractivity (Wildman–Crippen MR) is 80.5 cm³/mol. The van der Waals surface area contributed by atoms with Crippen molar-refractivity contribution in [2.24, 2.45) is 0 Å². The van der Waals surface area contributed by atoms with Gasteiger partial charge in [0.15, 0.2) is 28.4 Å². The van der Waals surface area contributed by atoms with E-state index in [1.54, 1.807) is 0 Å². The van der Waals surface area contributed by atoms with Gasteiger partial charge in [0.1, 0.15) is 5.69 Å². The van der Waals surface area contributed by atoms with Gasteiger partial charge in [-0.05, 0) is 24.7 Å². The summed E-state index contributed by atoms with van der Waals surface area (Å²) in [6, 6.07) is 7.64. The Hall–Kier alpha value is -2.15. The first kappa shape index (κ1) is 16.2. The Balaban J connectivity index is 2.05. The van der Waals surface area contributed by atoms with Crippen LogP contribution >= 0.6 is 12.2 Å². The molecule has 2 aromatic carbocycles. The van der Waals surface area contributed by atoms with E-state index in [1.165, 1.54) is 0 Å². The molecule has 0 aliphatic heterocycles. The fourth-order valence-electron chi connectivity index (χ4n) is 1.73. The third-order valence-electron chi connectivity index (χ3n) is 2.92. The van der Waals surface area contributed by atoms with Gasteiger partial charge < -0.3 is 10.6 Å². The summed E-state index contributed by atoms with van der Waals surface area (Å²) in [5.74, 6) is -6.05. The summed E-state index contributed by atoms with van der Waals surface area (Å²) < 4.78 is 53.1. The van der Waals surface area contributed by atoms with Crippen LogP contribution in [-0.4, -0.2) is 5.11 Å². The maximum Gasteiger partial charge on any atom is 0.185 e. The molecule has 0 atom stereocenters. The number of nitrogens with one attached hydrogen (secondary N) is 2. The van der Waals surface area contributed by atoms with Gasteiger partial charge >= 0.3 is 0 Å². The topological polar surface area (TPSA) is 24.1 Å². The number of rotatable bonds is 3. The molecule has 2 nitrogen and oxygen atoms in total. The van der Waals surface area contributed by atoms with Crippen molar-refractivity contribution in [3.8, 4) is 0 Å². The summed E-state index contributed by atoms with van der Waals surface area (Å²) in [5, 5.41) is 4.68. The lowest BCUT2D eigenvalue weighted by atomic mass is 10.1. The second kappa shape index (κ2) is 6.74. The SMILES string of the molecule is Cc1ccc(CNC(=S)Nc2c(F)c(F)cc(F)c2F)cc1. The van der Waals surface area contributed by atoms with E-state index in [0.29, 0.717) is 6.54 Å². The summed E-state index contributed by atoms with van der Waals surface area (Å²) in [7, 11) is 0. The minimum atomic E-state index is -1.53. The molecule has 2 aromatic rings. The molecule has 7 heteroatoms. The molecule has 116 valence electrons. The van der Waals surface area contributed by atoms with Gasteiger partial charge in [-0.1, -0.05) is 29.8 Å². The van der Waals surface area contributed by atoms with Crippen molar-refractivity contribution in [2.75, 3.05) is 5.32 Å². The zero-order valence-electron chi connectivity index (χ0n) is 11.5. The first-order valence-electron chi connectivity index (χ1n) is 6.32. The van der Waals surface area contributed by atoms with Crippen molar-refractivity contribution < 1.29 is 17.6 Å². The number of anilines is 1. The first-order valence-corrected chi connectivity index (χ1v) is 6.72. The zero-order chi connectivity index (χ0) is 16.3. The van der Waals surface area contributed by atoms with E-state index in [0.717, 1.165) is 11.1 Å². The molecule has 22 heavy (non-hydrogen) atoms. The van der Waals surface area contributed by atoms with Crippen LogP contribution in [0.5, 0.6) is 0 Å². The number of hydrogen-bond donors (Lipinski definition) is 2. The zero-order valence-corrected chi connectivity index (χ0v) is 12.3. The summed E-state index contributed by atoms with van der Waals surface area (Å²) in [5.41, 5.74) is 1.02. The minimum absolute atomic E-state index is 0.138. The monoisotopic (exact) mass is 328 g/mol. The van der Waals surface area contributed by atoms with Crippen molar-refractivity contribution in [1.29, 1.82) is 0 Å². The Morgan fingerprint density at radius 2 is 1.55 bits per heavy atom. The Kier molecular flexibility index (Phi) is 4.97. The summed E-state index contributed by atoms with van der Waals surface area (Å²) >= 11 is 4.87. The van der Waals surface area contributed by atoms with Gasteiger partial charge in [0.25, 0.3) is 0 Å². The first-order chi connectivity index (χ1) is 10.4. The molecule has 0 unspecified atom stereocenters. The lowest BCUT2D eigenvalue weighted by molar-refractivity contribution is 0.459. The van der Waals surface area contributed by atoms with Crippen molar-refractivity contribution >= 4 is 23.0 Å². The van der Waals surface area contributed by atoms with Crippen LogP contribution < -0.4 is 10.6 Å². The third-order valence-corrected chi connectivity index (χ3v) is 3.17. The summed E-state index contributed by atoms with van der Waals surface area (Å²) in [6.07, 6.45) is 0. The highest BCUT2D eigenvalue weighted by molar-refractivity contribution is 7.80. The molecule has 0 spiro atoms. The summed E-state index contributed by atoms with van der Waals surface area (Å²) in [6.45, 7) is 2.24. The van der Waals surface area contributed by atoms with Crippen molar-refractivity contribution in [3.05, 3.63) is 64.7 Å². The van der Waals surface area contributed by atoms with Crippen LogP contribution in [0.4, 0.5) is 23.2 Å². The average molecular weight is 328 g/mol. The summed E-state index contributed by atoms with van der Waals surface area (Å²) in [4.78, 5) is 0. The fraction of sp³-hybridized carbons (Fsp3) is 0.133. The lowest BCUT2D eigenvalue weighted by Gasteiger charge is -2.12. The molecule has 2 rings (SSSR count). The van der Waals surface area contributed by atoms with E-state index < -0.39 is 29.0 Å². The van der Waals surface area contributed by atoms with Gasteiger partial charge in [-0.3, -0.25) is 0 Å². The van der Waals surface area contributed by atoms with Crippen molar-refractivity contribution in [2.45, 2.75) is 13.5 Å². The smallest absolute Gasteiger partial charge is 0.185 e. The molecular weight excluding hydrogens is 316 g/mol. The van der Waals surface area contributed by atoms with Crippen LogP contribution in [0.15, 0.2) is 30.3 Å². The second-order valence-corrected chi connectivity index (χ2v) is 5.04. The van der Waals surface area contributed by atoms with E-state index >= 15 is 0 Å². The van der Waals surface area contributed by atoms with E-state index in [9.17, 15) is 17.6 Å². The maximum atomic E-state index is 13.5. The lowest BCUT2D eigenvalue weighted by Crippen LogP contribution is -2.29. The molecule has 0 fully saturated rings. The highest BCUT2D eigenvalue weighted by Gasteiger charge is 2.19. The Labute approximate surface area is 130 Å². The van der Waals surface area contributed by atoms with Gasteiger partial charge in [-0.2, -0.15) is 0 Å². The van der Waals surface area contributed by atoms with Crippen LogP contribution in [0.3, 0.4) is 0 Å². The van der Waals surface area contributed by atoms with Crippen LogP contribution in [-0.2, 0) is 6.54 Å². The number of thiocarbonyl (C=S) groups is 1. The number of hydrogen-bond acceptors (Lipinski definition) is 1. The van der Waals surface area contributed by atoms with Crippen LogP contribution in [0.25, 0.3) is 0 Å². The standard InChI is InChI=1S/C15H12F4N2S/c1-8-2-4-9(5-3-8)7-20-15(22)21-14-12(18)10(16)6-11(17)13(14)19/h2-6H,7H2,1H3,(H2,20,21,22). The molecule has 0 saturated heterocycles. The Morgan fingerprint density at radius 3 is 2.09 bits per heavy atom. The third kappa shape index (κ3) is 3.73. The fourth-order valence-corrected chi connectivity index (χ4v) is 1.90. The molecule has 0 saturated carbocycles. The van der Waals surface area contributed by atoms with E-state index in [2.05, 4.69) is 10.6 Å². The van der Waals surface area contributed by atoms with Crippen molar-refractivity contribution in [1.82, 2.24) is 5.32 Å². The van der Waals surface area contributed by atoms with Crippen LogP contribution in [0.1, 0.15) is 11.1 Å². The van der Waals surface area contributed by atoms with E-state index in [1.807, 2.05) is 31.2 Å². The van der Waals surface area contributed by atoms with Gasteiger partial charge in [0.05, 0.1) is 0 Å². The largest absolute Gasteiger partial charge is 0.358 e. The van der Waals surface area contributed by atoms with Crippen molar-refractivity contribution in [3.63, 3.8) is 0 Å². The molecule has 0 aliphatic rings. The highest BCUT2D eigenvalue weighted by Crippen LogP contribution is 2.24. The molecule has 0 aliphatic carbocycles. The Morgan fingerprint density at radius 1 is 1.00 bits per heavy atom. The normalized spacial score (nSPS) is 10.4. The average Bonchev–Trinajstić information content (AvgIpc) is 2.49. The maximum absolute atomic E-state index is 13.5.